The molecule has 0 saturated carbocycles. The van der Waals surface area contributed by atoms with Gasteiger partial charge in [0.15, 0.2) is 22.5 Å². The Kier molecular flexibility index (Phi) is 7.02. The van der Waals surface area contributed by atoms with Gasteiger partial charge < -0.3 is 15.2 Å². The molecule has 0 radical (unpaired) electrons. The second kappa shape index (κ2) is 9.08. The van der Waals surface area contributed by atoms with Gasteiger partial charge in [0.1, 0.15) is 11.3 Å². The standard InChI is InChI=1S/C19H18F4N2O3S/c1-4-8(2)9-5-6-11(26)10(7-9)24-19(29)25-18(27)12-13(20)15(22)17(28-3)16(23)14(12)21/h5-8,26H,4H2,1-3H3,(H2,24,25,27,29)/t8-/m0/s1. The number of phenolic OH excluding ortho intramolecular Hbond substituents is 1. The molecule has 156 valence electrons. The number of aromatic hydroxyl groups is 1. The zero-order valence-electron chi connectivity index (χ0n) is 15.7. The molecule has 1 atom stereocenters. The Morgan fingerprint density at radius 3 is 2.28 bits per heavy atom. The average molecular weight is 430 g/mol. The summed E-state index contributed by atoms with van der Waals surface area (Å²) in [6.07, 6.45) is 0.832. The third-order valence-electron chi connectivity index (χ3n) is 4.33. The van der Waals surface area contributed by atoms with Gasteiger partial charge in [-0.05, 0) is 42.3 Å². The first-order chi connectivity index (χ1) is 13.6. The van der Waals surface area contributed by atoms with Gasteiger partial charge >= 0.3 is 0 Å². The largest absolute Gasteiger partial charge is 0.506 e. The fourth-order valence-corrected chi connectivity index (χ4v) is 2.71. The summed E-state index contributed by atoms with van der Waals surface area (Å²) >= 11 is 4.90. The minimum absolute atomic E-state index is 0.140. The molecule has 2 aromatic carbocycles. The Balaban J connectivity index is 2.26. The third-order valence-corrected chi connectivity index (χ3v) is 4.54. The van der Waals surface area contributed by atoms with E-state index in [9.17, 15) is 27.5 Å². The van der Waals surface area contributed by atoms with Crippen LogP contribution >= 0.6 is 12.2 Å². The molecule has 2 aromatic rings. The molecule has 0 fully saturated rings. The van der Waals surface area contributed by atoms with Crippen LogP contribution in [-0.4, -0.2) is 23.2 Å². The number of phenols is 1. The summed E-state index contributed by atoms with van der Waals surface area (Å²) in [5, 5.41) is 13.9. The van der Waals surface area contributed by atoms with E-state index in [-0.39, 0.29) is 17.4 Å². The van der Waals surface area contributed by atoms with Crippen LogP contribution in [0, 0.1) is 23.3 Å². The summed E-state index contributed by atoms with van der Waals surface area (Å²) in [4.78, 5) is 12.1. The van der Waals surface area contributed by atoms with Crippen LogP contribution in [0.15, 0.2) is 18.2 Å². The Hall–Kier alpha value is -2.88. The Morgan fingerprint density at radius 1 is 1.17 bits per heavy atom. The van der Waals surface area contributed by atoms with Crippen molar-refractivity contribution >= 4 is 28.9 Å². The quantitative estimate of drug-likeness (QED) is 0.280. The van der Waals surface area contributed by atoms with E-state index < -0.39 is 45.6 Å². The maximum absolute atomic E-state index is 14.0. The molecule has 1 amide bonds. The summed E-state index contributed by atoms with van der Waals surface area (Å²) < 4.78 is 59.9. The molecule has 0 bridgehead atoms. The van der Waals surface area contributed by atoms with Gasteiger partial charge in [-0.2, -0.15) is 8.78 Å². The fraction of sp³-hybridized carbons (Fsp3) is 0.263. The molecule has 0 aliphatic heterocycles. The van der Waals surface area contributed by atoms with E-state index in [1.165, 1.54) is 6.07 Å². The lowest BCUT2D eigenvalue weighted by Crippen LogP contribution is -2.35. The van der Waals surface area contributed by atoms with Gasteiger partial charge in [-0.15, -0.1) is 0 Å². The number of rotatable bonds is 5. The van der Waals surface area contributed by atoms with Crippen molar-refractivity contribution in [1.29, 1.82) is 0 Å². The SMILES string of the molecule is CC[C@H](C)c1ccc(O)c(NC(=S)NC(=O)c2c(F)c(F)c(OC)c(F)c2F)c1. The Bertz CT molecular complexity index is 940. The van der Waals surface area contributed by atoms with Gasteiger partial charge in [0.2, 0.25) is 11.6 Å². The normalized spacial score (nSPS) is 11.7. The molecular weight excluding hydrogens is 412 g/mol. The molecule has 0 aliphatic carbocycles. The summed E-state index contributed by atoms with van der Waals surface area (Å²) in [5.74, 6) is -10.4. The molecule has 0 saturated heterocycles. The van der Waals surface area contributed by atoms with Gasteiger partial charge in [-0.3, -0.25) is 10.1 Å². The monoisotopic (exact) mass is 430 g/mol. The van der Waals surface area contributed by atoms with Crippen LogP contribution in [0.4, 0.5) is 23.2 Å². The van der Waals surface area contributed by atoms with Crippen LogP contribution in [-0.2, 0) is 0 Å². The number of amides is 1. The van der Waals surface area contributed by atoms with Crippen molar-refractivity contribution in [3.05, 3.63) is 52.6 Å². The lowest BCUT2D eigenvalue weighted by atomic mass is 9.98. The van der Waals surface area contributed by atoms with E-state index in [1.807, 2.05) is 19.2 Å². The highest BCUT2D eigenvalue weighted by Gasteiger charge is 2.30. The van der Waals surface area contributed by atoms with Gasteiger partial charge in [-0.25, -0.2) is 8.78 Å². The number of carbonyl (C=O) groups is 1. The summed E-state index contributed by atoms with van der Waals surface area (Å²) in [6.45, 7) is 3.94. The number of ether oxygens (including phenoxy) is 1. The zero-order valence-corrected chi connectivity index (χ0v) is 16.5. The summed E-state index contributed by atoms with van der Waals surface area (Å²) in [7, 11) is 0.819. The molecule has 3 N–H and O–H groups in total. The predicted octanol–water partition coefficient (Wildman–Crippen LogP) is 4.60. The smallest absolute Gasteiger partial charge is 0.263 e. The number of hydrogen-bond acceptors (Lipinski definition) is 4. The van der Waals surface area contributed by atoms with Gasteiger partial charge in [0.25, 0.3) is 5.91 Å². The number of benzene rings is 2. The molecule has 0 unspecified atom stereocenters. The van der Waals surface area contributed by atoms with Crippen LogP contribution in [0.1, 0.15) is 42.1 Å². The van der Waals surface area contributed by atoms with Crippen LogP contribution in [0.25, 0.3) is 0 Å². The van der Waals surface area contributed by atoms with Crippen LogP contribution in [0.5, 0.6) is 11.5 Å². The van der Waals surface area contributed by atoms with Crippen molar-refractivity contribution in [2.75, 3.05) is 12.4 Å². The fourth-order valence-electron chi connectivity index (χ4n) is 2.51. The van der Waals surface area contributed by atoms with Crippen molar-refractivity contribution < 1.29 is 32.2 Å². The van der Waals surface area contributed by atoms with Crippen molar-refractivity contribution in [3.8, 4) is 11.5 Å². The van der Waals surface area contributed by atoms with Crippen LogP contribution in [0.2, 0.25) is 0 Å². The van der Waals surface area contributed by atoms with Crippen LogP contribution in [0.3, 0.4) is 0 Å². The average Bonchev–Trinajstić information content (AvgIpc) is 2.68. The number of anilines is 1. The van der Waals surface area contributed by atoms with Crippen molar-refractivity contribution in [2.24, 2.45) is 0 Å². The number of thiocarbonyl (C=S) groups is 1. The summed E-state index contributed by atoms with van der Waals surface area (Å²) in [6, 6.07) is 4.72. The van der Waals surface area contributed by atoms with Crippen molar-refractivity contribution in [3.63, 3.8) is 0 Å². The molecule has 29 heavy (non-hydrogen) atoms. The van der Waals surface area contributed by atoms with Crippen molar-refractivity contribution in [1.82, 2.24) is 5.32 Å². The van der Waals surface area contributed by atoms with E-state index in [4.69, 9.17) is 12.2 Å². The highest BCUT2D eigenvalue weighted by molar-refractivity contribution is 7.80. The van der Waals surface area contributed by atoms with Gasteiger partial charge in [0, 0.05) is 0 Å². The number of halogens is 4. The van der Waals surface area contributed by atoms with Gasteiger partial charge in [0.05, 0.1) is 12.8 Å². The molecule has 0 heterocycles. The maximum atomic E-state index is 14.0. The number of carbonyl (C=O) groups excluding carboxylic acids is 1. The first kappa shape index (κ1) is 22.4. The second-order valence-electron chi connectivity index (χ2n) is 6.16. The third kappa shape index (κ3) is 4.58. The summed E-state index contributed by atoms with van der Waals surface area (Å²) in [5.41, 5.74) is -0.484. The van der Waals surface area contributed by atoms with Crippen LogP contribution < -0.4 is 15.4 Å². The van der Waals surface area contributed by atoms with E-state index in [1.54, 1.807) is 12.1 Å². The molecule has 2 rings (SSSR count). The van der Waals surface area contributed by atoms with Crippen molar-refractivity contribution in [2.45, 2.75) is 26.2 Å². The maximum Gasteiger partial charge on any atom is 0.263 e. The number of methoxy groups -OCH3 is 1. The Morgan fingerprint density at radius 2 is 1.76 bits per heavy atom. The lowest BCUT2D eigenvalue weighted by Gasteiger charge is -2.15. The van der Waals surface area contributed by atoms with Gasteiger partial charge in [-0.1, -0.05) is 19.9 Å². The first-order valence-electron chi connectivity index (χ1n) is 8.47. The molecule has 0 spiro atoms. The second-order valence-corrected chi connectivity index (χ2v) is 6.57. The van der Waals surface area contributed by atoms with E-state index in [2.05, 4.69) is 10.1 Å². The lowest BCUT2D eigenvalue weighted by molar-refractivity contribution is 0.0966. The minimum atomic E-state index is -1.93. The molecular formula is C19H18F4N2O3S. The minimum Gasteiger partial charge on any atom is -0.506 e. The number of nitrogens with one attached hydrogen (secondary N) is 2. The predicted molar refractivity (Wildman–Crippen MR) is 103 cm³/mol. The Labute approximate surface area is 169 Å². The molecule has 10 heteroatoms. The molecule has 0 aliphatic rings. The zero-order chi connectivity index (χ0) is 21.9. The highest BCUT2D eigenvalue weighted by atomic mass is 32.1. The highest BCUT2D eigenvalue weighted by Crippen LogP contribution is 2.30. The molecule has 0 aromatic heterocycles. The number of hydrogen-bond donors (Lipinski definition) is 3. The van der Waals surface area contributed by atoms with E-state index >= 15 is 0 Å². The van der Waals surface area contributed by atoms with E-state index in [0.717, 1.165) is 19.1 Å². The molecule has 5 nitrogen and oxygen atoms in total. The van der Waals surface area contributed by atoms with E-state index in [0.29, 0.717) is 0 Å². The topological polar surface area (TPSA) is 70.6 Å². The first-order valence-corrected chi connectivity index (χ1v) is 8.88.